The second-order valence-corrected chi connectivity index (χ2v) is 4.17. The first-order chi connectivity index (χ1) is 7.79. The lowest BCUT2D eigenvalue weighted by molar-refractivity contribution is 0.353. The number of rotatable bonds is 3. The molecule has 16 heavy (non-hydrogen) atoms. The molecule has 1 aliphatic carbocycles. The lowest BCUT2D eigenvalue weighted by Crippen LogP contribution is -2.46. The van der Waals surface area contributed by atoms with Gasteiger partial charge in [-0.05, 0) is 19.3 Å². The Balaban J connectivity index is 1.88. The Morgan fingerprint density at radius 2 is 2.50 bits per heavy atom. The highest BCUT2D eigenvalue weighted by Crippen LogP contribution is 2.18. The van der Waals surface area contributed by atoms with Gasteiger partial charge in [-0.25, -0.2) is 0 Å². The molecule has 0 saturated heterocycles. The zero-order chi connectivity index (χ0) is 11.4. The summed E-state index contributed by atoms with van der Waals surface area (Å²) in [5.74, 6) is 0.924. The predicted molar refractivity (Wildman–Crippen MR) is 62.1 cm³/mol. The Kier molecular flexibility index (Phi) is 3.44. The SMILES string of the molecule is CN=C(NC1CCC1)N(C)Cc1ccon1. The largest absolute Gasteiger partial charge is 0.364 e. The summed E-state index contributed by atoms with van der Waals surface area (Å²) in [5.41, 5.74) is 0.916. The minimum absolute atomic E-state index is 0.596. The fourth-order valence-electron chi connectivity index (χ4n) is 1.72. The van der Waals surface area contributed by atoms with Crippen molar-refractivity contribution in [3.05, 3.63) is 18.0 Å². The second kappa shape index (κ2) is 5.01. The molecule has 88 valence electrons. The molecule has 1 aromatic heterocycles. The molecular formula is C11H18N4O. The molecule has 0 aromatic carbocycles. The molecule has 0 spiro atoms. The summed E-state index contributed by atoms with van der Waals surface area (Å²) in [7, 11) is 3.81. The lowest BCUT2D eigenvalue weighted by atomic mass is 9.93. The molecule has 0 atom stereocenters. The smallest absolute Gasteiger partial charge is 0.193 e. The van der Waals surface area contributed by atoms with Crippen molar-refractivity contribution in [2.45, 2.75) is 31.8 Å². The van der Waals surface area contributed by atoms with Crippen molar-refractivity contribution in [3.8, 4) is 0 Å². The molecule has 5 heteroatoms. The zero-order valence-corrected chi connectivity index (χ0v) is 9.81. The van der Waals surface area contributed by atoms with Gasteiger partial charge in [0.2, 0.25) is 0 Å². The molecule has 5 nitrogen and oxygen atoms in total. The maximum Gasteiger partial charge on any atom is 0.193 e. The molecule has 1 saturated carbocycles. The monoisotopic (exact) mass is 222 g/mol. The van der Waals surface area contributed by atoms with Crippen molar-refractivity contribution in [3.63, 3.8) is 0 Å². The summed E-state index contributed by atoms with van der Waals surface area (Å²) in [6.07, 6.45) is 5.40. The summed E-state index contributed by atoms with van der Waals surface area (Å²) in [5, 5.41) is 7.32. The molecule has 0 radical (unpaired) electrons. The molecule has 1 N–H and O–H groups in total. The van der Waals surface area contributed by atoms with Crippen LogP contribution in [0.15, 0.2) is 21.8 Å². The Morgan fingerprint density at radius 3 is 3.00 bits per heavy atom. The first-order valence-electron chi connectivity index (χ1n) is 5.63. The summed E-state index contributed by atoms with van der Waals surface area (Å²) >= 11 is 0. The highest BCUT2D eigenvalue weighted by Gasteiger charge is 2.20. The van der Waals surface area contributed by atoms with E-state index in [1.807, 2.05) is 13.1 Å². The van der Waals surface area contributed by atoms with Gasteiger partial charge in [0.15, 0.2) is 5.96 Å². The van der Waals surface area contributed by atoms with Crippen LogP contribution >= 0.6 is 0 Å². The van der Waals surface area contributed by atoms with Crippen LogP contribution in [-0.4, -0.2) is 36.2 Å². The van der Waals surface area contributed by atoms with E-state index >= 15 is 0 Å². The van der Waals surface area contributed by atoms with Gasteiger partial charge in [0.1, 0.15) is 12.0 Å². The molecule has 1 aliphatic rings. The predicted octanol–water partition coefficient (Wildman–Crippen LogP) is 1.23. The van der Waals surface area contributed by atoms with Gasteiger partial charge in [-0.2, -0.15) is 0 Å². The number of aromatic nitrogens is 1. The topological polar surface area (TPSA) is 53.7 Å². The molecule has 0 unspecified atom stereocenters. The maximum atomic E-state index is 4.81. The van der Waals surface area contributed by atoms with Crippen molar-refractivity contribution in [2.75, 3.05) is 14.1 Å². The van der Waals surface area contributed by atoms with E-state index in [1.54, 1.807) is 13.3 Å². The first kappa shape index (κ1) is 11.0. The average molecular weight is 222 g/mol. The van der Waals surface area contributed by atoms with Crippen LogP contribution in [0, 0.1) is 0 Å². The molecule has 1 fully saturated rings. The van der Waals surface area contributed by atoms with E-state index in [4.69, 9.17) is 4.52 Å². The summed E-state index contributed by atoms with van der Waals surface area (Å²) in [6.45, 7) is 0.711. The Labute approximate surface area is 95.5 Å². The number of hydrogen-bond acceptors (Lipinski definition) is 3. The van der Waals surface area contributed by atoms with Crippen LogP contribution in [0.4, 0.5) is 0 Å². The molecule has 0 bridgehead atoms. The average Bonchev–Trinajstić information content (AvgIpc) is 2.69. The fraction of sp³-hybridized carbons (Fsp3) is 0.636. The number of nitrogens with one attached hydrogen (secondary N) is 1. The number of hydrogen-bond donors (Lipinski definition) is 1. The normalized spacial score (nSPS) is 17.0. The summed E-state index contributed by atoms with van der Waals surface area (Å²) < 4.78 is 4.81. The minimum Gasteiger partial charge on any atom is -0.364 e. The molecule has 0 aliphatic heterocycles. The van der Waals surface area contributed by atoms with E-state index in [2.05, 4.69) is 20.4 Å². The zero-order valence-electron chi connectivity index (χ0n) is 9.81. The van der Waals surface area contributed by atoms with Crippen LogP contribution < -0.4 is 5.32 Å². The first-order valence-corrected chi connectivity index (χ1v) is 5.63. The molecule has 1 aromatic rings. The van der Waals surface area contributed by atoms with Crippen molar-refractivity contribution in [1.29, 1.82) is 0 Å². The Morgan fingerprint density at radius 1 is 1.69 bits per heavy atom. The van der Waals surface area contributed by atoms with E-state index in [-0.39, 0.29) is 0 Å². The van der Waals surface area contributed by atoms with Crippen LogP contribution in [0.25, 0.3) is 0 Å². The van der Waals surface area contributed by atoms with Gasteiger partial charge < -0.3 is 14.7 Å². The second-order valence-electron chi connectivity index (χ2n) is 4.17. The van der Waals surface area contributed by atoms with Gasteiger partial charge in [-0.1, -0.05) is 5.16 Å². The van der Waals surface area contributed by atoms with Gasteiger partial charge in [0, 0.05) is 26.2 Å². The highest BCUT2D eigenvalue weighted by molar-refractivity contribution is 5.79. The summed E-state index contributed by atoms with van der Waals surface area (Å²) in [6, 6.07) is 2.46. The van der Waals surface area contributed by atoms with Crippen LogP contribution in [0.2, 0.25) is 0 Å². The number of nitrogens with zero attached hydrogens (tertiary/aromatic N) is 3. The Bertz CT molecular complexity index is 343. The van der Waals surface area contributed by atoms with E-state index in [0.29, 0.717) is 12.6 Å². The third-order valence-electron chi connectivity index (χ3n) is 2.90. The van der Waals surface area contributed by atoms with E-state index in [0.717, 1.165) is 11.7 Å². The highest BCUT2D eigenvalue weighted by atomic mass is 16.5. The van der Waals surface area contributed by atoms with Crippen LogP contribution in [-0.2, 0) is 6.54 Å². The molecule has 2 rings (SSSR count). The van der Waals surface area contributed by atoms with Crippen molar-refractivity contribution >= 4 is 5.96 Å². The lowest BCUT2D eigenvalue weighted by Gasteiger charge is -2.31. The standard InChI is InChI=1S/C11H18N4O/c1-12-11(13-9-4-3-5-9)15(2)8-10-6-7-16-14-10/h6-7,9H,3-5,8H2,1-2H3,(H,12,13). The Hall–Kier alpha value is -1.52. The van der Waals surface area contributed by atoms with Gasteiger partial charge in [-0.15, -0.1) is 0 Å². The van der Waals surface area contributed by atoms with Crippen LogP contribution in [0.5, 0.6) is 0 Å². The van der Waals surface area contributed by atoms with Crippen molar-refractivity contribution < 1.29 is 4.52 Å². The van der Waals surface area contributed by atoms with E-state index < -0.39 is 0 Å². The third-order valence-corrected chi connectivity index (χ3v) is 2.90. The molecule has 0 amide bonds. The van der Waals surface area contributed by atoms with Gasteiger partial charge in [-0.3, -0.25) is 4.99 Å². The van der Waals surface area contributed by atoms with E-state index in [9.17, 15) is 0 Å². The maximum absolute atomic E-state index is 4.81. The quantitative estimate of drug-likeness (QED) is 0.617. The van der Waals surface area contributed by atoms with E-state index in [1.165, 1.54) is 19.3 Å². The molecular weight excluding hydrogens is 204 g/mol. The molecule has 1 heterocycles. The van der Waals surface area contributed by atoms with Gasteiger partial charge >= 0.3 is 0 Å². The van der Waals surface area contributed by atoms with Gasteiger partial charge in [0.25, 0.3) is 0 Å². The summed E-state index contributed by atoms with van der Waals surface area (Å²) in [4.78, 5) is 6.32. The van der Waals surface area contributed by atoms with Crippen molar-refractivity contribution in [1.82, 2.24) is 15.4 Å². The van der Waals surface area contributed by atoms with Crippen molar-refractivity contribution in [2.24, 2.45) is 4.99 Å². The number of aliphatic imine (C=N–C) groups is 1. The van der Waals surface area contributed by atoms with Crippen LogP contribution in [0.1, 0.15) is 25.0 Å². The minimum atomic E-state index is 0.596. The number of guanidine groups is 1. The third kappa shape index (κ3) is 2.53. The fourth-order valence-corrected chi connectivity index (χ4v) is 1.72. The van der Waals surface area contributed by atoms with Crippen LogP contribution in [0.3, 0.4) is 0 Å². The van der Waals surface area contributed by atoms with Gasteiger partial charge in [0.05, 0.1) is 6.54 Å².